The molecule has 0 atom stereocenters. The van der Waals surface area contributed by atoms with Gasteiger partial charge in [-0.3, -0.25) is 4.79 Å². The van der Waals surface area contributed by atoms with Gasteiger partial charge in [-0.2, -0.15) is 0 Å². The Morgan fingerprint density at radius 3 is 2.25 bits per heavy atom. The number of carbonyl (C=O) groups is 1. The van der Waals surface area contributed by atoms with Gasteiger partial charge >= 0.3 is 0 Å². The van der Waals surface area contributed by atoms with Crippen molar-refractivity contribution in [2.24, 2.45) is 7.05 Å². The van der Waals surface area contributed by atoms with Crippen molar-refractivity contribution < 1.29 is 13.2 Å². The quantitative estimate of drug-likeness (QED) is 0.557. The van der Waals surface area contributed by atoms with E-state index in [1.807, 2.05) is 35.0 Å². The summed E-state index contributed by atoms with van der Waals surface area (Å²) in [7, 11) is -2.00. The Hall–Kier alpha value is -2.01. The number of hydrogen-bond donors (Lipinski definition) is 1. The molecule has 0 unspecified atom stereocenters. The van der Waals surface area contributed by atoms with Crippen molar-refractivity contribution in [2.75, 3.05) is 6.54 Å². The molecule has 0 aromatic carbocycles. The number of carbonyl (C=O) groups excluding carboxylic acids is 1. The van der Waals surface area contributed by atoms with Crippen LogP contribution in [0.3, 0.4) is 0 Å². The second kappa shape index (κ2) is 8.99. The minimum absolute atomic E-state index is 0.0299. The van der Waals surface area contributed by atoms with Crippen LogP contribution in [0.2, 0.25) is 0 Å². The molecule has 0 fully saturated rings. The van der Waals surface area contributed by atoms with Crippen molar-refractivity contribution in [3.05, 3.63) is 56.8 Å². The molecule has 0 spiro atoms. The summed E-state index contributed by atoms with van der Waals surface area (Å²) in [6, 6.07) is 7.89. The molecule has 0 aliphatic carbocycles. The molecular formula is C18H22N4O3S3. The minimum Gasteiger partial charge on any atom is -0.337 e. The molecule has 1 amide bonds. The summed E-state index contributed by atoms with van der Waals surface area (Å²) in [5, 5.41) is 3.92. The van der Waals surface area contributed by atoms with E-state index in [0.29, 0.717) is 18.9 Å². The number of hydrogen-bond acceptors (Lipinski definition) is 6. The van der Waals surface area contributed by atoms with Crippen LogP contribution in [0, 0.1) is 6.92 Å². The zero-order valence-corrected chi connectivity index (χ0v) is 18.1. The predicted molar refractivity (Wildman–Crippen MR) is 111 cm³/mol. The average Bonchev–Trinajstić information content (AvgIpc) is 3.38. The number of amides is 1. The van der Waals surface area contributed by atoms with Gasteiger partial charge < -0.3 is 9.47 Å². The monoisotopic (exact) mass is 438 g/mol. The van der Waals surface area contributed by atoms with Crippen molar-refractivity contribution in [1.29, 1.82) is 0 Å². The van der Waals surface area contributed by atoms with Gasteiger partial charge in [0, 0.05) is 36.0 Å². The van der Waals surface area contributed by atoms with Crippen LogP contribution in [-0.4, -0.2) is 35.3 Å². The van der Waals surface area contributed by atoms with E-state index in [2.05, 4.69) is 9.71 Å². The van der Waals surface area contributed by atoms with Crippen molar-refractivity contribution in [1.82, 2.24) is 19.2 Å². The SMILES string of the molecule is Cc1nc(S(=O)(=O)NCCC(=O)N(Cc2cccs2)Cc2cccs2)cn1C. The average molecular weight is 439 g/mol. The molecule has 10 heteroatoms. The van der Waals surface area contributed by atoms with Gasteiger partial charge in [-0.15, -0.1) is 22.7 Å². The maximum absolute atomic E-state index is 12.8. The van der Waals surface area contributed by atoms with Crippen LogP contribution in [0.5, 0.6) is 0 Å². The second-order valence-corrected chi connectivity index (χ2v) is 10.1. The molecule has 3 rings (SSSR count). The van der Waals surface area contributed by atoms with Crippen LogP contribution in [-0.2, 0) is 35.0 Å². The van der Waals surface area contributed by atoms with Crippen LogP contribution < -0.4 is 4.72 Å². The van der Waals surface area contributed by atoms with Gasteiger partial charge in [0.15, 0.2) is 5.03 Å². The van der Waals surface area contributed by atoms with Crippen molar-refractivity contribution in [2.45, 2.75) is 31.5 Å². The lowest BCUT2D eigenvalue weighted by atomic mass is 10.3. The van der Waals surface area contributed by atoms with Gasteiger partial charge in [0.2, 0.25) is 5.91 Å². The fourth-order valence-corrected chi connectivity index (χ4v) is 5.10. The number of rotatable bonds is 9. The first-order valence-electron chi connectivity index (χ1n) is 8.67. The van der Waals surface area contributed by atoms with Gasteiger partial charge in [-0.1, -0.05) is 12.1 Å². The first-order valence-corrected chi connectivity index (χ1v) is 11.9. The molecule has 3 aromatic heterocycles. The Balaban J connectivity index is 1.61. The first kappa shape index (κ1) is 20.7. The summed E-state index contributed by atoms with van der Waals surface area (Å²) >= 11 is 3.20. The van der Waals surface area contributed by atoms with Gasteiger partial charge in [0.25, 0.3) is 10.0 Å². The molecular weight excluding hydrogens is 416 g/mol. The number of nitrogens with one attached hydrogen (secondary N) is 1. The molecule has 28 heavy (non-hydrogen) atoms. The largest absolute Gasteiger partial charge is 0.337 e. The zero-order valence-electron chi connectivity index (χ0n) is 15.7. The summed E-state index contributed by atoms with van der Waals surface area (Å²) in [6.07, 6.45) is 1.54. The number of imidazole rings is 1. The molecule has 7 nitrogen and oxygen atoms in total. The van der Waals surface area contributed by atoms with E-state index in [4.69, 9.17) is 0 Å². The summed E-state index contributed by atoms with van der Waals surface area (Å²) in [5.74, 6) is 0.510. The van der Waals surface area contributed by atoms with E-state index in [-0.39, 0.29) is 23.9 Å². The highest BCUT2D eigenvalue weighted by atomic mass is 32.2. The molecule has 0 bridgehead atoms. The number of sulfonamides is 1. The highest BCUT2D eigenvalue weighted by Gasteiger charge is 2.20. The molecule has 3 heterocycles. The van der Waals surface area contributed by atoms with E-state index >= 15 is 0 Å². The maximum atomic E-state index is 12.8. The molecule has 0 aliphatic heterocycles. The Morgan fingerprint density at radius 1 is 1.18 bits per heavy atom. The van der Waals surface area contributed by atoms with Crippen molar-refractivity contribution >= 4 is 38.6 Å². The topological polar surface area (TPSA) is 84.3 Å². The van der Waals surface area contributed by atoms with E-state index in [1.165, 1.54) is 6.20 Å². The molecule has 0 saturated heterocycles. The lowest BCUT2D eigenvalue weighted by Crippen LogP contribution is -2.33. The number of thiophene rings is 2. The first-order chi connectivity index (χ1) is 13.3. The number of aromatic nitrogens is 2. The Bertz CT molecular complexity index is 953. The molecule has 150 valence electrons. The van der Waals surface area contributed by atoms with E-state index in [0.717, 1.165) is 9.75 Å². The highest BCUT2D eigenvalue weighted by Crippen LogP contribution is 2.18. The number of aryl methyl sites for hydroxylation is 2. The maximum Gasteiger partial charge on any atom is 0.259 e. The van der Waals surface area contributed by atoms with Crippen LogP contribution in [0.25, 0.3) is 0 Å². The van der Waals surface area contributed by atoms with Gasteiger partial charge in [0.05, 0.1) is 13.1 Å². The van der Waals surface area contributed by atoms with E-state index in [9.17, 15) is 13.2 Å². The molecule has 1 N–H and O–H groups in total. The molecule has 0 aliphatic rings. The lowest BCUT2D eigenvalue weighted by molar-refractivity contribution is -0.132. The van der Waals surface area contributed by atoms with Crippen molar-refractivity contribution in [3.63, 3.8) is 0 Å². The molecule has 3 aromatic rings. The predicted octanol–water partition coefficient (Wildman–Crippen LogP) is 2.75. The Morgan fingerprint density at radius 2 is 1.79 bits per heavy atom. The molecule has 0 saturated carbocycles. The normalized spacial score (nSPS) is 11.6. The summed E-state index contributed by atoms with van der Waals surface area (Å²) in [5.41, 5.74) is 0. The fourth-order valence-electron chi connectivity index (χ4n) is 2.59. The van der Waals surface area contributed by atoms with Gasteiger partial charge in [-0.25, -0.2) is 18.1 Å². The van der Waals surface area contributed by atoms with Crippen LogP contribution in [0.1, 0.15) is 22.0 Å². The third-order valence-corrected chi connectivity index (χ3v) is 7.25. The van der Waals surface area contributed by atoms with E-state index < -0.39 is 10.0 Å². The Labute approximate surface area is 172 Å². The molecule has 0 radical (unpaired) electrons. The van der Waals surface area contributed by atoms with Crippen LogP contribution in [0.15, 0.2) is 46.2 Å². The van der Waals surface area contributed by atoms with Crippen LogP contribution >= 0.6 is 22.7 Å². The zero-order chi connectivity index (χ0) is 20.1. The lowest BCUT2D eigenvalue weighted by Gasteiger charge is -2.21. The highest BCUT2D eigenvalue weighted by molar-refractivity contribution is 7.89. The smallest absolute Gasteiger partial charge is 0.259 e. The van der Waals surface area contributed by atoms with E-state index in [1.54, 1.807) is 46.1 Å². The Kier molecular flexibility index (Phi) is 6.65. The summed E-state index contributed by atoms with van der Waals surface area (Å²) in [6.45, 7) is 2.79. The van der Waals surface area contributed by atoms with Crippen molar-refractivity contribution in [3.8, 4) is 0 Å². The minimum atomic E-state index is -3.73. The second-order valence-electron chi connectivity index (χ2n) is 6.29. The number of nitrogens with zero attached hydrogens (tertiary/aromatic N) is 3. The third kappa shape index (κ3) is 5.28. The fraction of sp³-hybridized carbons (Fsp3) is 0.333. The van der Waals surface area contributed by atoms with Crippen LogP contribution in [0.4, 0.5) is 0 Å². The third-order valence-electron chi connectivity index (χ3n) is 4.20. The summed E-state index contributed by atoms with van der Waals surface area (Å²) in [4.78, 5) is 20.7. The van der Waals surface area contributed by atoms with Gasteiger partial charge in [-0.05, 0) is 29.8 Å². The summed E-state index contributed by atoms with van der Waals surface area (Å²) < 4.78 is 28.8. The standard InChI is InChI=1S/C18H22N4O3S3/c1-14-20-17(13-21(14)2)28(24,25)19-8-7-18(23)22(11-15-5-3-9-26-15)12-16-6-4-10-27-16/h3-6,9-10,13,19H,7-8,11-12H2,1-2H3. The van der Waals surface area contributed by atoms with Gasteiger partial charge in [0.1, 0.15) is 5.82 Å².